The second-order valence-electron chi connectivity index (χ2n) is 4.38. The van der Waals surface area contributed by atoms with Gasteiger partial charge in [0.2, 0.25) is 15.9 Å². The average molecular weight is 272 g/mol. The zero-order chi connectivity index (χ0) is 13.3. The highest BCUT2D eigenvalue weighted by Crippen LogP contribution is 2.23. The molecule has 1 atom stereocenters. The van der Waals surface area contributed by atoms with Crippen molar-refractivity contribution in [2.24, 2.45) is 5.14 Å². The van der Waals surface area contributed by atoms with E-state index in [1.54, 1.807) is 17.1 Å². The van der Waals surface area contributed by atoms with Gasteiger partial charge in [-0.3, -0.25) is 9.48 Å². The number of nitrogens with two attached hydrogens (primary N) is 1. The van der Waals surface area contributed by atoms with Crippen LogP contribution in [0.25, 0.3) is 0 Å². The van der Waals surface area contributed by atoms with E-state index in [4.69, 9.17) is 5.14 Å². The van der Waals surface area contributed by atoms with E-state index in [-0.39, 0.29) is 18.9 Å². The first-order valence-corrected chi connectivity index (χ1v) is 7.37. The van der Waals surface area contributed by atoms with E-state index >= 15 is 0 Å². The fourth-order valence-electron chi connectivity index (χ4n) is 1.99. The summed E-state index contributed by atoms with van der Waals surface area (Å²) in [6.45, 7) is 2.90. The Balaban J connectivity index is 2.16. The first-order chi connectivity index (χ1) is 8.41. The smallest absolute Gasteiger partial charge is 0.228 e. The lowest BCUT2D eigenvalue weighted by Crippen LogP contribution is -2.32. The van der Waals surface area contributed by atoms with Gasteiger partial charge in [0.05, 0.1) is 11.9 Å². The molecule has 0 radical (unpaired) electrons. The second kappa shape index (κ2) is 4.69. The topological polar surface area (TPSA) is 98.3 Å². The molecule has 0 aliphatic carbocycles. The largest absolute Gasteiger partial charge is 0.308 e. The highest BCUT2D eigenvalue weighted by atomic mass is 32.2. The van der Waals surface area contributed by atoms with Crippen molar-refractivity contribution in [3.8, 4) is 0 Å². The van der Waals surface area contributed by atoms with Crippen molar-refractivity contribution in [2.45, 2.75) is 31.6 Å². The van der Waals surface area contributed by atoms with Gasteiger partial charge in [-0.2, -0.15) is 5.10 Å². The minimum atomic E-state index is -3.67. The SMILES string of the molecule is CCCn1cc(N2CC(S(N)(=O)=O)CC2=O)cn1. The maximum Gasteiger partial charge on any atom is 0.228 e. The lowest BCUT2D eigenvalue weighted by molar-refractivity contribution is -0.117. The van der Waals surface area contributed by atoms with Gasteiger partial charge in [-0.25, -0.2) is 13.6 Å². The van der Waals surface area contributed by atoms with Crippen LogP contribution in [-0.4, -0.2) is 35.9 Å². The minimum absolute atomic E-state index is 0.0577. The molecule has 7 nitrogen and oxygen atoms in total. The summed E-state index contributed by atoms with van der Waals surface area (Å²) < 4.78 is 24.2. The highest BCUT2D eigenvalue weighted by molar-refractivity contribution is 7.89. The number of sulfonamides is 1. The van der Waals surface area contributed by atoms with Crippen molar-refractivity contribution in [1.29, 1.82) is 0 Å². The molecule has 1 aromatic heterocycles. The molecule has 1 saturated heterocycles. The van der Waals surface area contributed by atoms with Crippen LogP contribution in [0.4, 0.5) is 5.69 Å². The summed E-state index contributed by atoms with van der Waals surface area (Å²) >= 11 is 0. The first-order valence-electron chi connectivity index (χ1n) is 5.76. The lowest BCUT2D eigenvalue weighted by Gasteiger charge is -2.13. The molecule has 2 rings (SSSR count). The van der Waals surface area contributed by atoms with Crippen LogP contribution in [-0.2, 0) is 21.4 Å². The molecule has 1 aliphatic rings. The minimum Gasteiger partial charge on any atom is -0.308 e. The summed E-state index contributed by atoms with van der Waals surface area (Å²) in [6, 6.07) is 0. The highest BCUT2D eigenvalue weighted by Gasteiger charge is 2.37. The lowest BCUT2D eigenvalue weighted by atomic mass is 10.4. The van der Waals surface area contributed by atoms with Crippen molar-refractivity contribution >= 4 is 21.6 Å². The summed E-state index contributed by atoms with van der Waals surface area (Å²) in [5.74, 6) is -0.231. The van der Waals surface area contributed by atoms with Gasteiger partial charge in [-0.05, 0) is 6.42 Å². The number of carbonyl (C=O) groups is 1. The normalized spacial score (nSPS) is 20.7. The summed E-state index contributed by atoms with van der Waals surface area (Å²) in [5.41, 5.74) is 0.625. The van der Waals surface area contributed by atoms with Crippen LogP contribution in [0.3, 0.4) is 0 Å². The predicted molar refractivity (Wildman–Crippen MR) is 66.4 cm³/mol. The number of rotatable bonds is 4. The van der Waals surface area contributed by atoms with Gasteiger partial charge in [0, 0.05) is 25.7 Å². The van der Waals surface area contributed by atoms with E-state index in [1.807, 2.05) is 6.92 Å². The number of anilines is 1. The average Bonchev–Trinajstić information content (AvgIpc) is 2.84. The molecule has 0 saturated carbocycles. The van der Waals surface area contributed by atoms with Crippen molar-refractivity contribution in [2.75, 3.05) is 11.4 Å². The van der Waals surface area contributed by atoms with Gasteiger partial charge in [0.1, 0.15) is 5.25 Å². The molecule has 0 aromatic carbocycles. The van der Waals surface area contributed by atoms with E-state index in [1.165, 1.54) is 4.90 Å². The molecule has 1 unspecified atom stereocenters. The number of carbonyl (C=O) groups excluding carboxylic acids is 1. The molecule has 0 bridgehead atoms. The molecule has 1 aromatic rings. The van der Waals surface area contributed by atoms with Crippen molar-refractivity contribution in [1.82, 2.24) is 9.78 Å². The summed E-state index contributed by atoms with van der Waals surface area (Å²) in [5, 5.41) is 8.36. The Kier molecular flexibility index (Phi) is 3.40. The molecule has 1 amide bonds. The van der Waals surface area contributed by atoms with E-state index in [0.29, 0.717) is 5.69 Å². The quantitative estimate of drug-likeness (QED) is 0.812. The molecule has 2 heterocycles. The first kappa shape index (κ1) is 13.0. The Bertz CT molecular complexity index is 551. The van der Waals surface area contributed by atoms with Crippen LogP contribution in [0.1, 0.15) is 19.8 Å². The number of amides is 1. The Morgan fingerprint density at radius 3 is 2.83 bits per heavy atom. The van der Waals surface area contributed by atoms with E-state index in [0.717, 1.165) is 13.0 Å². The molecule has 2 N–H and O–H groups in total. The Labute approximate surface area is 106 Å². The van der Waals surface area contributed by atoms with Crippen LogP contribution >= 0.6 is 0 Å². The molecular formula is C10H16N4O3S. The van der Waals surface area contributed by atoms with E-state index in [9.17, 15) is 13.2 Å². The van der Waals surface area contributed by atoms with Gasteiger partial charge in [-0.1, -0.05) is 6.92 Å². The molecule has 18 heavy (non-hydrogen) atoms. The van der Waals surface area contributed by atoms with Gasteiger partial charge >= 0.3 is 0 Å². The number of nitrogens with zero attached hydrogens (tertiary/aromatic N) is 3. The number of primary sulfonamides is 1. The van der Waals surface area contributed by atoms with Crippen LogP contribution in [0, 0.1) is 0 Å². The van der Waals surface area contributed by atoms with Gasteiger partial charge in [-0.15, -0.1) is 0 Å². The number of hydrogen-bond donors (Lipinski definition) is 1. The van der Waals surface area contributed by atoms with Crippen LogP contribution in [0.2, 0.25) is 0 Å². The Morgan fingerprint density at radius 2 is 2.28 bits per heavy atom. The molecule has 8 heteroatoms. The fraction of sp³-hybridized carbons (Fsp3) is 0.600. The summed E-state index contributed by atoms with van der Waals surface area (Å²) in [4.78, 5) is 13.2. The molecule has 0 spiro atoms. The van der Waals surface area contributed by atoms with Crippen LogP contribution in [0.5, 0.6) is 0 Å². The monoisotopic (exact) mass is 272 g/mol. The van der Waals surface area contributed by atoms with Crippen molar-refractivity contribution in [3.63, 3.8) is 0 Å². The Hall–Kier alpha value is -1.41. The molecule has 100 valence electrons. The molecule has 1 aliphatic heterocycles. The third-order valence-electron chi connectivity index (χ3n) is 2.94. The van der Waals surface area contributed by atoms with Gasteiger partial charge < -0.3 is 4.90 Å². The maximum atomic E-state index is 11.8. The van der Waals surface area contributed by atoms with Crippen LogP contribution in [0.15, 0.2) is 12.4 Å². The van der Waals surface area contributed by atoms with Crippen molar-refractivity contribution in [3.05, 3.63) is 12.4 Å². The van der Waals surface area contributed by atoms with Crippen LogP contribution < -0.4 is 10.0 Å². The number of hydrogen-bond acceptors (Lipinski definition) is 4. The maximum absolute atomic E-state index is 11.8. The number of aryl methyl sites for hydroxylation is 1. The third kappa shape index (κ3) is 2.54. The molecular weight excluding hydrogens is 256 g/mol. The number of aromatic nitrogens is 2. The van der Waals surface area contributed by atoms with E-state index in [2.05, 4.69) is 5.10 Å². The zero-order valence-electron chi connectivity index (χ0n) is 10.1. The van der Waals surface area contributed by atoms with Gasteiger partial charge in [0.15, 0.2) is 0 Å². The Morgan fingerprint density at radius 1 is 1.56 bits per heavy atom. The summed E-state index contributed by atoms with van der Waals surface area (Å²) in [7, 11) is -3.67. The fourth-order valence-corrected chi connectivity index (χ4v) is 2.72. The standard InChI is InChI=1S/C10H16N4O3S/c1-2-3-13-6-8(5-12-13)14-7-9(4-10(14)15)18(11,16)17/h5-6,9H,2-4,7H2,1H3,(H2,11,16,17). The predicted octanol–water partition coefficient (Wildman–Crippen LogP) is -0.313. The zero-order valence-corrected chi connectivity index (χ0v) is 10.9. The van der Waals surface area contributed by atoms with Crippen molar-refractivity contribution < 1.29 is 13.2 Å². The second-order valence-corrected chi connectivity index (χ2v) is 6.23. The van der Waals surface area contributed by atoms with E-state index < -0.39 is 15.3 Å². The summed E-state index contributed by atoms with van der Waals surface area (Å²) in [6.07, 6.45) is 4.19. The molecule has 1 fully saturated rings. The third-order valence-corrected chi connectivity index (χ3v) is 4.18. The van der Waals surface area contributed by atoms with Gasteiger partial charge in [0.25, 0.3) is 0 Å².